The molecule has 7 nitrogen and oxygen atoms in total. The maximum atomic E-state index is 12.6. The van der Waals surface area contributed by atoms with E-state index in [-0.39, 0.29) is 11.8 Å². The van der Waals surface area contributed by atoms with Crippen LogP contribution < -0.4 is 10.2 Å². The zero-order chi connectivity index (χ0) is 16.9. The zero-order valence-corrected chi connectivity index (χ0v) is 13.5. The molecule has 1 saturated heterocycles. The van der Waals surface area contributed by atoms with E-state index in [1.165, 1.54) is 6.92 Å². The monoisotopic (exact) mass is 325 g/mol. The van der Waals surface area contributed by atoms with E-state index in [2.05, 4.69) is 20.2 Å². The summed E-state index contributed by atoms with van der Waals surface area (Å²) in [5, 5.41) is 2.69. The number of hydrogen-bond donors (Lipinski definition) is 1. The Kier molecular flexibility index (Phi) is 4.69. The van der Waals surface area contributed by atoms with Gasteiger partial charge in [0.2, 0.25) is 11.9 Å². The number of carbonyl (C=O) groups is 2. The Hall–Kier alpha value is -2.96. The van der Waals surface area contributed by atoms with Gasteiger partial charge in [0.15, 0.2) is 0 Å². The fourth-order valence-electron chi connectivity index (χ4n) is 2.65. The molecule has 0 radical (unpaired) electrons. The maximum absolute atomic E-state index is 12.6. The van der Waals surface area contributed by atoms with Crippen molar-refractivity contribution >= 4 is 23.5 Å². The Labute approximate surface area is 140 Å². The SMILES string of the molecule is CC(=O)Nc1ccc(C(=O)N2CCN(c3ncccn3)CC2)cc1. The molecule has 24 heavy (non-hydrogen) atoms. The molecule has 124 valence electrons. The van der Waals surface area contributed by atoms with Crippen molar-refractivity contribution in [3.63, 3.8) is 0 Å². The number of rotatable bonds is 3. The molecule has 1 aromatic heterocycles. The van der Waals surface area contributed by atoms with Gasteiger partial charge >= 0.3 is 0 Å². The first-order valence-electron chi connectivity index (χ1n) is 7.82. The quantitative estimate of drug-likeness (QED) is 0.923. The summed E-state index contributed by atoms with van der Waals surface area (Å²) in [6.45, 7) is 4.13. The summed E-state index contributed by atoms with van der Waals surface area (Å²) >= 11 is 0. The van der Waals surface area contributed by atoms with Crippen LogP contribution in [-0.2, 0) is 4.79 Å². The number of benzene rings is 1. The van der Waals surface area contributed by atoms with Crippen molar-refractivity contribution in [3.05, 3.63) is 48.3 Å². The maximum Gasteiger partial charge on any atom is 0.253 e. The summed E-state index contributed by atoms with van der Waals surface area (Å²) in [5.41, 5.74) is 1.30. The van der Waals surface area contributed by atoms with Crippen molar-refractivity contribution in [1.82, 2.24) is 14.9 Å². The third kappa shape index (κ3) is 3.68. The number of piperazine rings is 1. The lowest BCUT2D eigenvalue weighted by atomic mass is 10.1. The highest BCUT2D eigenvalue weighted by atomic mass is 16.2. The van der Waals surface area contributed by atoms with Crippen LogP contribution in [0, 0.1) is 0 Å². The molecule has 2 aromatic rings. The van der Waals surface area contributed by atoms with Crippen LogP contribution in [0.5, 0.6) is 0 Å². The van der Waals surface area contributed by atoms with Crippen molar-refractivity contribution in [2.75, 3.05) is 36.4 Å². The molecule has 0 saturated carbocycles. The molecule has 1 aromatic carbocycles. The van der Waals surface area contributed by atoms with E-state index >= 15 is 0 Å². The van der Waals surface area contributed by atoms with Crippen LogP contribution in [0.2, 0.25) is 0 Å². The van der Waals surface area contributed by atoms with Crippen LogP contribution in [0.3, 0.4) is 0 Å². The smallest absolute Gasteiger partial charge is 0.253 e. The molecule has 0 spiro atoms. The van der Waals surface area contributed by atoms with Gasteiger partial charge in [-0.2, -0.15) is 0 Å². The van der Waals surface area contributed by atoms with Gasteiger partial charge < -0.3 is 15.1 Å². The number of nitrogens with one attached hydrogen (secondary N) is 1. The number of amides is 2. The van der Waals surface area contributed by atoms with Gasteiger partial charge in [-0.05, 0) is 30.3 Å². The number of nitrogens with zero attached hydrogens (tertiary/aromatic N) is 4. The van der Waals surface area contributed by atoms with Crippen molar-refractivity contribution in [1.29, 1.82) is 0 Å². The fourth-order valence-corrected chi connectivity index (χ4v) is 2.65. The molecular weight excluding hydrogens is 306 g/mol. The summed E-state index contributed by atoms with van der Waals surface area (Å²) in [6, 6.07) is 8.74. The summed E-state index contributed by atoms with van der Waals surface area (Å²) in [6.07, 6.45) is 3.44. The highest BCUT2D eigenvalue weighted by Crippen LogP contribution is 2.15. The van der Waals surface area contributed by atoms with Gasteiger partial charge in [0, 0.05) is 56.7 Å². The molecule has 0 atom stereocenters. The topological polar surface area (TPSA) is 78.4 Å². The van der Waals surface area contributed by atoms with Crippen molar-refractivity contribution in [2.24, 2.45) is 0 Å². The van der Waals surface area contributed by atoms with Gasteiger partial charge in [0.1, 0.15) is 0 Å². The van der Waals surface area contributed by atoms with Crippen LogP contribution in [-0.4, -0.2) is 52.9 Å². The minimum Gasteiger partial charge on any atom is -0.337 e. The normalized spacial score (nSPS) is 14.4. The first-order valence-corrected chi connectivity index (χ1v) is 7.82. The molecule has 1 N–H and O–H groups in total. The first kappa shape index (κ1) is 15.9. The summed E-state index contributed by atoms with van der Waals surface area (Å²) in [4.78, 5) is 36.0. The predicted octanol–water partition coefficient (Wildman–Crippen LogP) is 1.40. The van der Waals surface area contributed by atoms with Crippen LogP contribution >= 0.6 is 0 Å². The molecular formula is C17H19N5O2. The second kappa shape index (κ2) is 7.08. The van der Waals surface area contributed by atoms with Crippen molar-refractivity contribution in [3.8, 4) is 0 Å². The molecule has 3 rings (SSSR count). The number of carbonyl (C=O) groups excluding carboxylic acids is 2. The Morgan fingerprint density at radius 3 is 2.21 bits per heavy atom. The van der Waals surface area contributed by atoms with Crippen molar-refractivity contribution in [2.45, 2.75) is 6.92 Å². The summed E-state index contributed by atoms with van der Waals surface area (Å²) < 4.78 is 0. The zero-order valence-electron chi connectivity index (χ0n) is 13.5. The number of aromatic nitrogens is 2. The second-order valence-electron chi connectivity index (χ2n) is 5.59. The molecule has 2 heterocycles. The van der Waals surface area contributed by atoms with Crippen LogP contribution in [0.25, 0.3) is 0 Å². The highest BCUT2D eigenvalue weighted by Gasteiger charge is 2.23. The van der Waals surface area contributed by atoms with E-state index in [4.69, 9.17) is 0 Å². The fraction of sp³-hybridized carbons (Fsp3) is 0.294. The van der Waals surface area contributed by atoms with E-state index in [9.17, 15) is 9.59 Å². The lowest BCUT2D eigenvalue weighted by Gasteiger charge is -2.34. The summed E-state index contributed by atoms with van der Waals surface area (Å²) in [5.74, 6) is 0.565. The Morgan fingerprint density at radius 2 is 1.62 bits per heavy atom. The minimum absolute atomic E-state index is 0.00185. The second-order valence-corrected chi connectivity index (χ2v) is 5.59. The number of hydrogen-bond acceptors (Lipinski definition) is 5. The molecule has 2 amide bonds. The highest BCUT2D eigenvalue weighted by molar-refractivity contribution is 5.95. The van der Waals surface area contributed by atoms with Gasteiger partial charge in [-0.1, -0.05) is 0 Å². The van der Waals surface area contributed by atoms with Gasteiger partial charge in [0.05, 0.1) is 0 Å². The molecule has 1 fully saturated rings. The van der Waals surface area contributed by atoms with Gasteiger partial charge in [-0.25, -0.2) is 9.97 Å². The predicted molar refractivity (Wildman–Crippen MR) is 90.9 cm³/mol. The lowest BCUT2D eigenvalue weighted by molar-refractivity contribution is -0.114. The third-order valence-electron chi connectivity index (χ3n) is 3.85. The third-order valence-corrected chi connectivity index (χ3v) is 3.85. The Morgan fingerprint density at radius 1 is 1.00 bits per heavy atom. The largest absolute Gasteiger partial charge is 0.337 e. The molecule has 7 heteroatoms. The molecule has 1 aliphatic heterocycles. The van der Waals surface area contributed by atoms with Crippen LogP contribution in [0.4, 0.5) is 11.6 Å². The minimum atomic E-state index is -0.131. The van der Waals surface area contributed by atoms with E-state index in [1.807, 2.05) is 4.90 Å². The van der Waals surface area contributed by atoms with Crippen LogP contribution in [0.15, 0.2) is 42.7 Å². The number of anilines is 2. The Balaban J connectivity index is 1.60. The molecule has 1 aliphatic rings. The first-order chi connectivity index (χ1) is 11.6. The van der Waals surface area contributed by atoms with Crippen molar-refractivity contribution < 1.29 is 9.59 Å². The van der Waals surface area contributed by atoms with Gasteiger partial charge in [-0.3, -0.25) is 9.59 Å². The standard InChI is InChI=1S/C17H19N5O2/c1-13(23)20-15-5-3-14(4-6-15)16(24)21-9-11-22(12-10-21)17-18-7-2-8-19-17/h2-8H,9-12H2,1H3,(H,20,23). The van der Waals surface area contributed by atoms with E-state index < -0.39 is 0 Å². The van der Waals surface area contributed by atoms with E-state index in [0.717, 1.165) is 0 Å². The van der Waals surface area contributed by atoms with Crippen LogP contribution in [0.1, 0.15) is 17.3 Å². The average Bonchev–Trinajstić information content (AvgIpc) is 2.62. The molecule has 0 bridgehead atoms. The van der Waals surface area contributed by atoms with Gasteiger partial charge in [-0.15, -0.1) is 0 Å². The average molecular weight is 325 g/mol. The molecule has 0 unspecified atom stereocenters. The summed E-state index contributed by atoms with van der Waals surface area (Å²) in [7, 11) is 0. The molecule has 0 aliphatic carbocycles. The lowest BCUT2D eigenvalue weighted by Crippen LogP contribution is -2.49. The van der Waals surface area contributed by atoms with Gasteiger partial charge in [0.25, 0.3) is 5.91 Å². The van der Waals surface area contributed by atoms with E-state index in [1.54, 1.807) is 42.7 Å². The Bertz CT molecular complexity index is 710. The van der Waals surface area contributed by atoms with E-state index in [0.29, 0.717) is 43.4 Å².